The zero-order valence-corrected chi connectivity index (χ0v) is 11.5. The summed E-state index contributed by atoms with van der Waals surface area (Å²) < 4.78 is 4.95. The van der Waals surface area contributed by atoms with Crippen molar-refractivity contribution in [1.29, 1.82) is 0 Å². The number of ether oxygens (including phenoxy) is 1. The summed E-state index contributed by atoms with van der Waals surface area (Å²) in [4.78, 5) is 23.5. The van der Waals surface area contributed by atoms with Gasteiger partial charge in [0.2, 0.25) is 0 Å². The number of hydrogen-bond donors (Lipinski definition) is 0. The molecule has 0 aliphatic heterocycles. The third kappa shape index (κ3) is 3.32. The van der Waals surface area contributed by atoms with Gasteiger partial charge in [-0.05, 0) is 30.7 Å². The minimum atomic E-state index is -0.506. The summed E-state index contributed by atoms with van der Waals surface area (Å²) in [5.41, 5.74) is 0.580. The van der Waals surface area contributed by atoms with Gasteiger partial charge in [0.15, 0.2) is 5.78 Å². The molecule has 0 radical (unpaired) electrons. The van der Waals surface area contributed by atoms with Gasteiger partial charge >= 0.3 is 5.97 Å². The van der Waals surface area contributed by atoms with E-state index in [0.717, 1.165) is 10.8 Å². The largest absolute Gasteiger partial charge is 0.460 e. The molecule has 0 atom stereocenters. The van der Waals surface area contributed by atoms with Gasteiger partial charge in [-0.15, -0.1) is 0 Å². The van der Waals surface area contributed by atoms with Gasteiger partial charge in [-0.3, -0.25) is 4.79 Å². The van der Waals surface area contributed by atoms with E-state index in [-0.39, 0.29) is 11.9 Å². The van der Waals surface area contributed by atoms with Crippen molar-refractivity contribution in [3.63, 3.8) is 0 Å². The Kier molecular flexibility index (Phi) is 4.31. The molecule has 0 fully saturated rings. The summed E-state index contributed by atoms with van der Waals surface area (Å²) in [5, 5.41) is 1.87. The fraction of sp³-hybridized carbons (Fsp3) is 0.176. The monoisotopic (exact) mass is 268 g/mol. The number of allylic oxidation sites excluding steroid dienone is 1. The average molecular weight is 268 g/mol. The Morgan fingerprint density at radius 1 is 1.00 bits per heavy atom. The van der Waals surface area contributed by atoms with Crippen molar-refractivity contribution in [3.05, 3.63) is 60.2 Å². The van der Waals surface area contributed by atoms with Gasteiger partial charge in [-0.25, -0.2) is 4.79 Å². The molecule has 0 saturated heterocycles. The molecule has 0 amide bonds. The fourth-order valence-corrected chi connectivity index (χ4v) is 1.95. The van der Waals surface area contributed by atoms with Crippen molar-refractivity contribution in [2.24, 2.45) is 0 Å². The van der Waals surface area contributed by atoms with E-state index in [1.54, 1.807) is 19.9 Å². The lowest BCUT2D eigenvalue weighted by atomic mass is 10.0. The van der Waals surface area contributed by atoms with Crippen LogP contribution < -0.4 is 0 Å². The highest BCUT2D eigenvalue weighted by Gasteiger charge is 2.08. The topological polar surface area (TPSA) is 43.4 Å². The summed E-state index contributed by atoms with van der Waals surface area (Å²) in [5.74, 6) is -0.712. The van der Waals surface area contributed by atoms with Gasteiger partial charge in [-0.2, -0.15) is 0 Å². The molecule has 3 heteroatoms. The van der Waals surface area contributed by atoms with Gasteiger partial charge in [0.05, 0.1) is 6.10 Å². The second-order valence-corrected chi connectivity index (χ2v) is 4.71. The maximum atomic E-state index is 12.2. The fourth-order valence-electron chi connectivity index (χ4n) is 1.95. The van der Waals surface area contributed by atoms with Crippen LogP contribution in [-0.2, 0) is 9.53 Å². The minimum absolute atomic E-state index is 0.195. The second-order valence-electron chi connectivity index (χ2n) is 4.71. The SMILES string of the molecule is CC(C)OC(=O)/C=C/C(=O)c1cccc2ccccc12. The molecule has 0 saturated carbocycles. The molecule has 2 aromatic rings. The van der Waals surface area contributed by atoms with E-state index in [1.807, 2.05) is 36.4 Å². The molecule has 0 aromatic heterocycles. The molecule has 0 spiro atoms. The average Bonchev–Trinajstić information content (AvgIpc) is 2.43. The zero-order chi connectivity index (χ0) is 14.5. The molecule has 2 aromatic carbocycles. The van der Waals surface area contributed by atoms with E-state index in [1.165, 1.54) is 12.2 Å². The molecule has 0 bridgehead atoms. The van der Waals surface area contributed by atoms with E-state index in [9.17, 15) is 9.59 Å². The Labute approximate surface area is 117 Å². The molecule has 0 aliphatic rings. The molecular formula is C17H16O3. The van der Waals surface area contributed by atoms with Crippen LogP contribution in [0.1, 0.15) is 24.2 Å². The summed E-state index contributed by atoms with van der Waals surface area (Å²) in [6, 6.07) is 13.2. The first-order chi connectivity index (χ1) is 9.58. The van der Waals surface area contributed by atoms with E-state index in [0.29, 0.717) is 5.56 Å². The first kappa shape index (κ1) is 14.0. The lowest BCUT2D eigenvalue weighted by molar-refractivity contribution is -0.141. The number of rotatable bonds is 4. The zero-order valence-electron chi connectivity index (χ0n) is 11.5. The van der Waals surface area contributed by atoms with Crippen molar-refractivity contribution in [2.75, 3.05) is 0 Å². The smallest absolute Gasteiger partial charge is 0.331 e. The van der Waals surface area contributed by atoms with Crippen LogP contribution in [0.4, 0.5) is 0 Å². The van der Waals surface area contributed by atoms with E-state index in [2.05, 4.69) is 0 Å². The number of hydrogen-bond acceptors (Lipinski definition) is 3. The molecule has 0 heterocycles. The van der Waals surface area contributed by atoms with Crippen LogP contribution in [0.25, 0.3) is 10.8 Å². The van der Waals surface area contributed by atoms with Crippen LogP contribution in [0.3, 0.4) is 0 Å². The lowest BCUT2D eigenvalue weighted by Crippen LogP contribution is -2.09. The van der Waals surface area contributed by atoms with Gasteiger partial charge in [0.1, 0.15) is 0 Å². The molecule has 0 aliphatic carbocycles. The Hall–Kier alpha value is -2.42. The minimum Gasteiger partial charge on any atom is -0.460 e. The van der Waals surface area contributed by atoms with Crippen LogP contribution >= 0.6 is 0 Å². The number of carbonyl (C=O) groups excluding carboxylic acids is 2. The predicted molar refractivity (Wildman–Crippen MR) is 78.6 cm³/mol. The number of ketones is 1. The molecule has 102 valence electrons. The summed E-state index contributed by atoms with van der Waals surface area (Å²) in [6.45, 7) is 3.52. The van der Waals surface area contributed by atoms with E-state index in [4.69, 9.17) is 4.74 Å². The lowest BCUT2D eigenvalue weighted by Gasteiger charge is -2.04. The molecule has 0 N–H and O–H groups in total. The van der Waals surface area contributed by atoms with E-state index < -0.39 is 5.97 Å². The van der Waals surface area contributed by atoms with Crippen molar-refractivity contribution < 1.29 is 14.3 Å². The maximum Gasteiger partial charge on any atom is 0.331 e. The molecule has 2 rings (SSSR count). The summed E-state index contributed by atoms with van der Waals surface area (Å²) >= 11 is 0. The first-order valence-corrected chi connectivity index (χ1v) is 6.48. The van der Waals surface area contributed by atoms with Crippen molar-refractivity contribution in [1.82, 2.24) is 0 Å². The van der Waals surface area contributed by atoms with Gasteiger partial charge in [0, 0.05) is 11.6 Å². The standard InChI is InChI=1S/C17H16O3/c1-12(2)20-17(19)11-10-16(18)15-9-5-7-13-6-3-4-8-14(13)15/h3-12H,1-2H3/b11-10+. The summed E-state index contributed by atoms with van der Waals surface area (Å²) in [7, 11) is 0. The van der Waals surface area contributed by atoms with Crippen LogP contribution in [-0.4, -0.2) is 17.9 Å². The normalized spacial score (nSPS) is 11.2. The van der Waals surface area contributed by atoms with Gasteiger partial charge in [-0.1, -0.05) is 42.5 Å². The van der Waals surface area contributed by atoms with Crippen LogP contribution in [0.2, 0.25) is 0 Å². The van der Waals surface area contributed by atoms with Crippen LogP contribution in [0.15, 0.2) is 54.6 Å². The van der Waals surface area contributed by atoms with Crippen LogP contribution in [0, 0.1) is 0 Å². The Morgan fingerprint density at radius 3 is 2.45 bits per heavy atom. The van der Waals surface area contributed by atoms with Crippen molar-refractivity contribution in [2.45, 2.75) is 20.0 Å². The predicted octanol–water partition coefficient (Wildman–Crippen LogP) is 3.53. The maximum absolute atomic E-state index is 12.2. The third-order valence-electron chi connectivity index (χ3n) is 2.78. The quantitative estimate of drug-likeness (QED) is 0.484. The molecule has 0 unspecified atom stereocenters. The molecule has 3 nitrogen and oxygen atoms in total. The first-order valence-electron chi connectivity index (χ1n) is 6.48. The summed E-state index contributed by atoms with van der Waals surface area (Å²) in [6.07, 6.45) is 2.23. The van der Waals surface area contributed by atoms with Crippen molar-refractivity contribution in [3.8, 4) is 0 Å². The second kappa shape index (κ2) is 6.15. The van der Waals surface area contributed by atoms with Crippen molar-refractivity contribution >= 4 is 22.5 Å². The highest BCUT2D eigenvalue weighted by molar-refractivity contribution is 6.14. The van der Waals surface area contributed by atoms with Gasteiger partial charge < -0.3 is 4.74 Å². The van der Waals surface area contributed by atoms with E-state index >= 15 is 0 Å². The number of carbonyl (C=O) groups is 2. The molecule has 20 heavy (non-hydrogen) atoms. The highest BCUT2D eigenvalue weighted by atomic mass is 16.5. The third-order valence-corrected chi connectivity index (χ3v) is 2.78. The number of esters is 1. The Bertz CT molecular complexity index is 663. The van der Waals surface area contributed by atoms with Crippen LogP contribution in [0.5, 0.6) is 0 Å². The highest BCUT2D eigenvalue weighted by Crippen LogP contribution is 2.19. The Morgan fingerprint density at radius 2 is 1.70 bits per heavy atom. The molecular weight excluding hydrogens is 252 g/mol. The number of fused-ring (bicyclic) bond motifs is 1. The Balaban J connectivity index is 2.24. The number of benzene rings is 2. The van der Waals surface area contributed by atoms with Gasteiger partial charge in [0.25, 0.3) is 0 Å².